The number of unbranched alkanes of at least 4 members (excludes halogenated alkanes) is 1. The average molecular weight is 277 g/mol. The summed E-state index contributed by atoms with van der Waals surface area (Å²) in [6, 6.07) is 0. The highest BCUT2D eigenvalue weighted by Gasteiger charge is 2.52. The van der Waals surface area contributed by atoms with Crippen molar-refractivity contribution in [1.29, 1.82) is 0 Å². The van der Waals surface area contributed by atoms with E-state index in [4.69, 9.17) is 5.73 Å². The largest absolute Gasteiger partial charge is 0.480 e. The molecule has 0 amide bonds. The molecule has 0 aromatic heterocycles. The molecule has 1 saturated heterocycles. The van der Waals surface area contributed by atoms with E-state index in [1.54, 1.807) is 0 Å². The first-order chi connectivity index (χ1) is 8.46. The number of rotatable bonds is 5. The lowest BCUT2D eigenvalue weighted by atomic mass is 9.93. The third-order valence-electron chi connectivity index (χ3n) is 3.91. The lowest BCUT2D eigenvalue weighted by Gasteiger charge is -2.35. The van der Waals surface area contributed by atoms with Gasteiger partial charge in [0.2, 0.25) is 7.37 Å². The summed E-state index contributed by atoms with van der Waals surface area (Å²) in [5, 5.41) is 8.05. The molecule has 6 heteroatoms. The average Bonchev–Trinajstić information content (AvgIpc) is 2.28. The molecule has 1 fully saturated rings. The van der Waals surface area contributed by atoms with Gasteiger partial charge in [-0.05, 0) is 32.2 Å². The van der Waals surface area contributed by atoms with Crippen LogP contribution in [0.4, 0.5) is 0 Å². The fourth-order valence-corrected chi connectivity index (χ4v) is 5.10. The van der Waals surface area contributed by atoms with Crippen molar-refractivity contribution in [2.45, 2.75) is 56.5 Å². The van der Waals surface area contributed by atoms with Gasteiger partial charge >= 0.3 is 5.97 Å². The fraction of sp³-hybridized carbons (Fsp3) is 0.917. The first-order valence-electron chi connectivity index (χ1n) is 6.72. The molecule has 0 aromatic carbocycles. The Hall–Kier alpha value is -0.380. The molecule has 0 aliphatic carbocycles. The van der Waals surface area contributed by atoms with Gasteiger partial charge in [-0.3, -0.25) is 9.36 Å². The first-order valence-corrected chi connectivity index (χ1v) is 8.56. The molecule has 1 aliphatic rings. The Bertz CT molecular complexity index is 334. The second kappa shape index (κ2) is 6.69. The Morgan fingerprint density at radius 3 is 2.50 bits per heavy atom. The lowest BCUT2D eigenvalue weighted by Crippen LogP contribution is -2.40. The molecule has 2 unspecified atom stereocenters. The minimum absolute atomic E-state index is 0.141. The zero-order valence-corrected chi connectivity index (χ0v) is 11.7. The number of hydrogen-bond acceptors (Lipinski definition) is 3. The second-order valence-corrected chi connectivity index (χ2v) is 7.88. The van der Waals surface area contributed by atoms with Crippen molar-refractivity contribution in [3.05, 3.63) is 0 Å². The van der Waals surface area contributed by atoms with Crippen molar-refractivity contribution in [2.75, 3.05) is 12.7 Å². The third kappa shape index (κ3) is 3.34. The molecule has 4 N–H and O–H groups in total. The molecule has 0 saturated carbocycles. The van der Waals surface area contributed by atoms with Gasteiger partial charge in [0.15, 0.2) is 0 Å². The predicted octanol–water partition coefficient (Wildman–Crippen LogP) is 2.17. The SMILES string of the molecule is NCCCCC1(C(=O)O)CCCCCCP1(=O)O. The summed E-state index contributed by atoms with van der Waals surface area (Å²) in [5.74, 6) is -1.10. The normalized spacial score (nSPS) is 33.7. The van der Waals surface area contributed by atoms with E-state index in [0.29, 0.717) is 32.2 Å². The number of nitrogens with two attached hydrogens (primary N) is 1. The molecular weight excluding hydrogens is 253 g/mol. The van der Waals surface area contributed by atoms with Crippen LogP contribution in [0.2, 0.25) is 0 Å². The minimum Gasteiger partial charge on any atom is -0.480 e. The Labute approximate surface area is 108 Å². The Kier molecular flexibility index (Phi) is 5.83. The van der Waals surface area contributed by atoms with Crippen LogP contribution in [0.15, 0.2) is 0 Å². The molecule has 0 bridgehead atoms. The molecule has 1 rings (SSSR count). The quantitative estimate of drug-likeness (QED) is 0.528. The Morgan fingerprint density at radius 2 is 1.89 bits per heavy atom. The summed E-state index contributed by atoms with van der Waals surface area (Å²) < 4.78 is 12.4. The zero-order chi connectivity index (χ0) is 13.6. The number of carboxylic acid groups (broad SMARTS) is 1. The van der Waals surface area contributed by atoms with Crippen molar-refractivity contribution in [1.82, 2.24) is 0 Å². The standard InChI is InChI=1S/C12H24NO4P/c13-9-5-4-8-12(11(14)15)7-3-1-2-6-10-18(12,16)17/h1-10,13H2,(H,14,15)(H,16,17). The highest BCUT2D eigenvalue weighted by atomic mass is 31.2. The summed E-state index contributed by atoms with van der Waals surface area (Å²) in [7, 11) is -3.64. The van der Waals surface area contributed by atoms with Crippen LogP contribution in [0.25, 0.3) is 0 Å². The van der Waals surface area contributed by atoms with Crippen LogP contribution in [0, 0.1) is 0 Å². The number of hydrogen-bond donors (Lipinski definition) is 3. The van der Waals surface area contributed by atoms with E-state index >= 15 is 0 Å². The number of carboxylic acids is 1. The second-order valence-electron chi connectivity index (χ2n) is 5.17. The van der Waals surface area contributed by atoms with E-state index in [-0.39, 0.29) is 12.6 Å². The maximum absolute atomic E-state index is 12.4. The molecule has 0 spiro atoms. The first kappa shape index (κ1) is 15.7. The van der Waals surface area contributed by atoms with Crippen LogP contribution in [0.5, 0.6) is 0 Å². The van der Waals surface area contributed by atoms with Crippen molar-refractivity contribution in [2.24, 2.45) is 5.73 Å². The van der Waals surface area contributed by atoms with Crippen molar-refractivity contribution in [3.63, 3.8) is 0 Å². The maximum Gasteiger partial charge on any atom is 0.319 e. The maximum atomic E-state index is 12.4. The van der Waals surface area contributed by atoms with Gasteiger partial charge in [-0.15, -0.1) is 0 Å². The summed E-state index contributed by atoms with van der Waals surface area (Å²) in [5.41, 5.74) is 5.41. The van der Waals surface area contributed by atoms with Crippen LogP contribution in [0.1, 0.15) is 51.4 Å². The van der Waals surface area contributed by atoms with Crippen LogP contribution in [0.3, 0.4) is 0 Å². The third-order valence-corrected chi connectivity index (χ3v) is 6.81. The highest BCUT2D eigenvalue weighted by Crippen LogP contribution is 2.60. The van der Waals surface area contributed by atoms with Crippen LogP contribution >= 0.6 is 7.37 Å². The zero-order valence-electron chi connectivity index (χ0n) is 10.8. The Morgan fingerprint density at radius 1 is 1.22 bits per heavy atom. The summed E-state index contributed by atoms with van der Waals surface area (Å²) in [6.45, 7) is 0.491. The molecular formula is C12H24NO4P. The van der Waals surface area contributed by atoms with Gasteiger partial charge in [-0.2, -0.15) is 0 Å². The van der Waals surface area contributed by atoms with Crippen LogP contribution in [-0.4, -0.2) is 33.8 Å². The Balaban J connectivity index is 2.94. The number of aliphatic carboxylic acids is 1. The highest BCUT2D eigenvalue weighted by molar-refractivity contribution is 7.60. The number of carbonyl (C=O) groups is 1. The molecule has 106 valence electrons. The van der Waals surface area contributed by atoms with E-state index in [1.807, 2.05) is 0 Å². The molecule has 0 radical (unpaired) electrons. The molecule has 5 nitrogen and oxygen atoms in total. The molecule has 1 aliphatic heterocycles. The molecule has 18 heavy (non-hydrogen) atoms. The van der Waals surface area contributed by atoms with Gasteiger partial charge in [0, 0.05) is 6.16 Å². The topological polar surface area (TPSA) is 101 Å². The monoisotopic (exact) mass is 277 g/mol. The van der Waals surface area contributed by atoms with Crippen LogP contribution < -0.4 is 5.73 Å². The lowest BCUT2D eigenvalue weighted by molar-refractivity contribution is -0.141. The van der Waals surface area contributed by atoms with Crippen LogP contribution in [-0.2, 0) is 9.36 Å². The van der Waals surface area contributed by atoms with E-state index < -0.39 is 18.5 Å². The molecule has 2 atom stereocenters. The van der Waals surface area contributed by atoms with Gasteiger partial charge < -0.3 is 15.7 Å². The van der Waals surface area contributed by atoms with Crippen molar-refractivity contribution >= 4 is 13.3 Å². The van der Waals surface area contributed by atoms with Gasteiger partial charge in [-0.25, -0.2) is 0 Å². The van der Waals surface area contributed by atoms with E-state index in [2.05, 4.69) is 0 Å². The summed E-state index contributed by atoms with van der Waals surface area (Å²) >= 11 is 0. The van der Waals surface area contributed by atoms with Gasteiger partial charge in [0.25, 0.3) is 0 Å². The smallest absolute Gasteiger partial charge is 0.319 e. The van der Waals surface area contributed by atoms with E-state index in [0.717, 1.165) is 19.3 Å². The van der Waals surface area contributed by atoms with E-state index in [9.17, 15) is 19.4 Å². The van der Waals surface area contributed by atoms with Gasteiger partial charge in [0.1, 0.15) is 5.16 Å². The molecule has 1 heterocycles. The summed E-state index contributed by atoms with van der Waals surface area (Å²) in [6.07, 6.45) is 5.28. The predicted molar refractivity (Wildman–Crippen MR) is 71.0 cm³/mol. The van der Waals surface area contributed by atoms with Crippen molar-refractivity contribution < 1.29 is 19.4 Å². The van der Waals surface area contributed by atoms with Gasteiger partial charge in [-0.1, -0.05) is 25.7 Å². The fourth-order valence-electron chi connectivity index (χ4n) is 2.71. The van der Waals surface area contributed by atoms with Gasteiger partial charge in [0.05, 0.1) is 0 Å². The minimum atomic E-state index is -3.64. The summed E-state index contributed by atoms with van der Waals surface area (Å²) in [4.78, 5) is 21.8. The van der Waals surface area contributed by atoms with E-state index in [1.165, 1.54) is 0 Å². The van der Waals surface area contributed by atoms with Crippen molar-refractivity contribution in [3.8, 4) is 0 Å². The molecule has 0 aromatic rings.